The molecule has 0 aromatic rings. The van der Waals surface area contributed by atoms with E-state index in [2.05, 4.69) is 32.9 Å². The van der Waals surface area contributed by atoms with Crippen LogP contribution in [0.1, 0.15) is 290 Å². The molecular weight excluding hydrogens is 880 g/mol. The van der Waals surface area contributed by atoms with E-state index in [1.165, 1.54) is 154 Å². The number of allylic oxidation sites excluding steroid dienone is 2. The summed E-state index contributed by atoms with van der Waals surface area (Å²) in [5.41, 5.74) is 0. The first-order valence-electron chi connectivity index (χ1n) is 28.6. The van der Waals surface area contributed by atoms with Crippen LogP contribution in [-0.2, 0) is 42.2 Å². The van der Waals surface area contributed by atoms with Gasteiger partial charge in [-0.1, -0.05) is 245 Å². The Labute approximate surface area is 417 Å². The van der Waals surface area contributed by atoms with Crippen molar-refractivity contribution in [3.05, 3.63) is 12.2 Å². The molecule has 0 fully saturated rings. The number of ether oxygens (including phenoxy) is 3. The summed E-state index contributed by atoms with van der Waals surface area (Å²) >= 11 is 0. The van der Waals surface area contributed by atoms with Gasteiger partial charge in [0.1, 0.15) is 12.7 Å². The van der Waals surface area contributed by atoms with E-state index in [9.17, 15) is 28.9 Å². The first-order valence-corrected chi connectivity index (χ1v) is 30.1. The Balaban J connectivity index is 4.63. The van der Waals surface area contributed by atoms with Gasteiger partial charge in [0, 0.05) is 19.3 Å². The fourth-order valence-corrected chi connectivity index (χ4v) is 9.06. The molecule has 0 aromatic carbocycles. The van der Waals surface area contributed by atoms with Crippen molar-refractivity contribution in [1.82, 2.24) is 0 Å². The molecule has 0 rings (SSSR count). The normalized spacial score (nSPS) is 13.4. The molecule has 0 saturated carbocycles. The van der Waals surface area contributed by atoms with Gasteiger partial charge >= 0.3 is 25.7 Å². The predicted octanol–water partition coefficient (Wildman–Crippen LogP) is 16.5. The fraction of sp³-hybridized carbons (Fsp3) is 0.911. The Hall–Kier alpha value is -1.78. The maximum Gasteiger partial charge on any atom is 0.472 e. The lowest BCUT2D eigenvalue weighted by molar-refractivity contribution is -0.161. The third kappa shape index (κ3) is 49.2. The highest BCUT2D eigenvalue weighted by molar-refractivity contribution is 7.47. The summed E-state index contributed by atoms with van der Waals surface area (Å²) in [6.45, 7) is 4.64. The second kappa shape index (κ2) is 51.6. The summed E-state index contributed by atoms with van der Waals surface area (Å²) in [4.78, 5) is 48.4. The van der Waals surface area contributed by atoms with Gasteiger partial charge < -0.3 is 24.2 Å². The molecule has 0 heterocycles. The summed E-state index contributed by atoms with van der Waals surface area (Å²) in [5, 5.41) is 9.77. The van der Waals surface area contributed by atoms with Gasteiger partial charge in [-0.2, -0.15) is 0 Å². The number of hydrogen-bond donors (Lipinski definition) is 2. The van der Waals surface area contributed by atoms with Gasteiger partial charge in [-0.15, -0.1) is 0 Å². The van der Waals surface area contributed by atoms with Crippen molar-refractivity contribution < 1.29 is 52.2 Å². The molecule has 3 unspecified atom stereocenters. The summed E-state index contributed by atoms with van der Waals surface area (Å²) in [6.07, 6.45) is 48.9. The number of phosphoric ester groups is 1. The summed E-state index contributed by atoms with van der Waals surface area (Å²) in [5.74, 6) is -1.45. The van der Waals surface area contributed by atoms with Gasteiger partial charge in [0.05, 0.1) is 19.8 Å². The zero-order valence-corrected chi connectivity index (χ0v) is 45.2. The first-order chi connectivity index (χ1) is 33.2. The van der Waals surface area contributed by atoms with E-state index < -0.39 is 57.8 Å². The van der Waals surface area contributed by atoms with Gasteiger partial charge in [-0.05, 0) is 38.5 Å². The molecule has 402 valence electrons. The lowest BCUT2D eigenvalue weighted by Gasteiger charge is -2.21. The number of carbonyl (C=O) groups excluding carboxylic acids is 3. The Morgan fingerprint density at radius 3 is 1.06 bits per heavy atom. The highest BCUT2D eigenvalue weighted by atomic mass is 31.2. The molecule has 0 aliphatic rings. The minimum absolute atomic E-state index is 0.172. The van der Waals surface area contributed by atoms with Crippen molar-refractivity contribution in [2.24, 2.45) is 0 Å². The van der Waals surface area contributed by atoms with Crippen molar-refractivity contribution >= 4 is 25.7 Å². The maximum atomic E-state index is 12.9. The van der Waals surface area contributed by atoms with Gasteiger partial charge in [0.15, 0.2) is 6.10 Å². The molecule has 0 bridgehead atoms. The minimum Gasteiger partial charge on any atom is -0.462 e. The van der Waals surface area contributed by atoms with E-state index in [-0.39, 0.29) is 25.9 Å². The van der Waals surface area contributed by atoms with Crippen LogP contribution in [0.25, 0.3) is 0 Å². The Kier molecular flexibility index (Phi) is 50.2. The minimum atomic E-state index is -4.73. The number of unbranched alkanes of at least 4 members (excludes halogenated alkanes) is 35. The van der Waals surface area contributed by atoms with Crippen molar-refractivity contribution in [1.29, 1.82) is 0 Å². The van der Waals surface area contributed by atoms with E-state index >= 15 is 0 Å². The standard InChI is InChI=1S/C56H107O11P/c1-4-7-10-13-16-19-22-23-24-25-26-27-28-29-32-35-38-41-44-47-56(60)67-53(49-63-54(58)45-42-39-36-33-30-20-17-14-11-8-5-2)51-65-68(61,62)64-50-52(48-57)66-55(59)46-43-40-37-34-31-21-18-15-12-9-6-3/h15,18,52-53,57H,4-14,16-17,19-51H2,1-3H3,(H,61,62)/b18-15-. The van der Waals surface area contributed by atoms with Gasteiger partial charge in [-0.3, -0.25) is 23.4 Å². The van der Waals surface area contributed by atoms with Crippen LogP contribution in [0.3, 0.4) is 0 Å². The molecular formula is C56H107O11P. The fourth-order valence-electron chi connectivity index (χ4n) is 8.28. The third-order valence-electron chi connectivity index (χ3n) is 12.7. The lowest BCUT2D eigenvalue weighted by atomic mass is 10.0. The zero-order chi connectivity index (χ0) is 49.9. The SMILES string of the molecule is CCCC/C=C\CCCCCCCC(=O)OC(CO)COP(=O)(O)OCC(COC(=O)CCCCCCCCCCCCC)OC(=O)CCCCCCCCCCCCCCCCCCCCC. The average Bonchev–Trinajstić information content (AvgIpc) is 3.32. The molecule has 12 heteroatoms. The highest BCUT2D eigenvalue weighted by Crippen LogP contribution is 2.43. The molecule has 2 N–H and O–H groups in total. The molecule has 0 spiro atoms. The van der Waals surface area contributed by atoms with Crippen LogP contribution in [-0.4, -0.2) is 66.5 Å². The van der Waals surface area contributed by atoms with Crippen molar-refractivity contribution in [3.63, 3.8) is 0 Å². The van der Waals surface area contributed by atoms with E-state index in [4.69, 9.17) is 23.3 Å². The van der Waals surface area contributed by atoms with Crippen LogP contribution in [0.5, 0.6) is 0 Å². The Morgan fingerprint density at radius 1 is 0.397 bits per heavy atom. The molecule has 0 amide bonds. The van der Waals surface area contributed by atoms with E-state index in [0.717, 1.165) is 77.0 Å². The lowest BCUT2D eigenvalue weighted by Crippen LogP contribution is -2.30. The number of phosphoric acid groups is 1. The molecule has 0 aliphatic heterocycles. The Bertz CT molecular complexity index is 1200. The topological polar surface area (TPSA) is 155 Å². The maximum absolute atomic E-state index is 12.9. The third-order valence-corrected chi connectivity index (χ3v) is 13.6. The van der Waals surface area contributed by atoms with Crippen molar-refractivity contribution in [2.45, 2.75) is 303 Å². The van der Waals surface area contributed by atoms with Crippen LogP contribution in [0.2, 0.25) is 0 Å². The van der Waals surface area contributed by atoms with Crippen LogP contribution in [0, 0.1) is 0 Å². The van der Waals surface area contributed by atoms with Crippen LogP contribution in [0.4, 0.5) is 0 Å². The molecule has 0 saturated heterocycles. The van der Waals surface area contributed by atoms with Crippen molar-refractivity contribution in [2.75, 3.05) is 26.4 Å². The smallest absolute Gasteiger partial charge is 0.462 e. The van der Waals surface area contributed by atoms with Gasteiger partial charge in [0.2, 0.25) is 0 Å². The molecule has 11 nitrogen and oxygen atoms in total. The van der Waals surface area contributed by atoms with Gasteiger partial charge in [-0.25, -0.2) is 4.57 Å². The number of rotatable bonds is 54. The molecule has 0 aliphatic carbocycles. The molecule has 3 atom stereocenters. The van der Waals surface area contributed by atoms with E-state index in [1.807, 2.05) is 0 Å². The summed E-state index contributed by atoms with van der Waals surface area (Å²) in [6, 6.07) is 0. The number of carbonyl (C=O) groups is 3. The van der Waals surface area contributed by atoms with Crippen molar-refractivity contribution in [3.8, 4) is 0 Å². The quantitative estimate of drug-likeness (QED) is 0.0197. The largest absolute Gasteiger partial charge is 0.472 e. The molecule has 68 heavy (non-hydrogen) atoms. The Morgan fingerprint density at radius 2 is 0.691 bits per heavy atom. The van der Waals surface area contributed by atoms with Crippen LogP contribution >= 0.6 is 7.82 Å². The van der Waals surface area contributed by atoms with Crippen LogP contribution < -0.4 is 0 Å². The molecule has 0 radical (unpaired) electrons. The monoisotopic (exact) mass is 987 g/mol. The van der Waals surface area contributed by atoms with Gasteiger partial charge in [0.25, 0.3) is 0 Å². The average molecular weight is 987 g/mol. The molecule has 0 aromatic heterocycles. The predicted molar refractivity (Wildman–Crippen MR) is 280 cm³/mol. The second-order valence-electron chi connectivity index (χ2n) is 19.5. The second-order valence-corrected chi connectivity index (χ2v) is 20.9. The van der Waals surface area contributed by atoms with Crippen LogP contribution in [0.15, 0.2) is 12.2 Å². The number of esters is 3. The highest BCUT2D eigenvalue weighted by Gasteiger charge is 2.28. The van der Waals surface area contributed by atoms with E-state index in [0.29, 0.717) is 19.3 Å². The first kappa shape index (κ1) is 66.2. The summed E-state index contributed by atoms with van der Waals surface area (Å²) < 4.78 is 39.4. The number of aliphatic hydroxyl groups excluding tert-OH is 1. The number of hydrogen-bond acceptors (Lipinski definition) is 10. The number of aliphatic hydroxyl groups is 1. The summed E-state index contributed by atoms with van der Waals surface area (Å²) in [7, 11) is -4.73. The van der Waals surface area contributed by atoms with E-state index in [1.54, 1.807) is 0 Å². The zero-order valence-electron chi connectivity index (χ0n) is 44.4.